The van der Waals surface area contributed by atoms with Crippen LogP contribution in [0.4, 0.5) is 0 Å². The SMILES string of the molecule is COC(=O)CC(NC(=O)C1COc2ccccc2C1)c1ccccc1Cl. The molecular formula is C20H20ClNO4. The Labute approximate surface area is 157 Å². The molecule has 1 amide bonds. The Bertz CT molecular complexity index is 808. The minimum Gasteiger partial charge on any atom is -0.492 e. The summed E-state index contributed by atoms with van der Waals surface area (Å²) in [5.41, 5.74) is 1.69. The molecular weight excluding hydrogens is 354 g/mol. The second-order valence-electron chi connectivity index (χ2n) is 6.18. The van der Waals surface area contributed by atoms with Gasteiger partial charge >= 0.3 is 5.97 Å². The third-order valence-electron chi connectivity index (χ3n) is 4.45. The minimum absolute atomic E-state index is 0.0101. The number of para-hydroxylation sites is 1. The van der Waals surface area contributed by atoms with Gasteiger partial charge < -0.3 is 14.8 Å². The van der Waals surface area contributed by atoms with E-state index in [1.807, 2.05) is 30.3 Å². The molecule has 0 aromatic heterocycles. The van der Waals surface area contributed by atoms with Crippen LogP contribution in [0.1, 0.15) is 23.6 Å². The second kappa shape index (κ2) is 8.23. The van der Waals surface area contributed by atoms with Gasteiger partial charge in [-0.2, -0.15) is 0 Å². The van der Waals surface area contributed by atoms with Gasteiger partial charge in [0.1, 0.15) is 12.4 Å². The van der Waals surface area contributed by atoms with Crippen molar-refractivity contribution in [3.05, 3.63) is 64.7 Å². The molecule has 6 heteroatoms. The molecule has 0 spiro atoms. The van der Waals surface area contributed by atoms with Crippen LogP contribution in [-0.2, 0) is 20.7 Å². The van der Waals surface area contributed by atoms with Gasteiger partial charge in [0.25, 0.3) is 0 Å². The van der Waals surface area contributed by atoms with E-state index in [4.69, 9.17) is 21.1 Å². The van der Waals surface area contributed by atoms with E-state index >= 15 is 0 Å². The number of methoxy groups -OCH3 is 1. The number of hydrogen-bond donors (Lipinski definition) is 1. The van der Waals surface area contributed by atoms with Crippen molar-refractivity contribution in [1.29, 1.82) is 0 Å². The van der Waals surface area contributed by atoms with E-state index in [9.17, 15) is 9.59 Å². The van der Waals surface area contributed by atoms with Gasteiger partial charge in [-0.15, -0.1) is 0 Å². The number of nitrogens with one attached hydrogen (secondary N) is 1. The van der Waals surface area contributed by atoms with Crippen molar-refractivity contribution < 1.29 is 19.1 Å². The van der Waals surface area contributed by atoms with Crippen LogP contribution in [-0.4, -0.2) is 25.6 Å². The zero-order valence-electron chi connectivity index (χ0n) is 14.4. The lowest BCUT2D eigenvalue weighted by Crippen LogP contribution is -2.40. The highest BCUT2D eigenvalue weighted by atomic mass is 35.5. The first kappa shape index (κ1) is 18.3. The van der Waals surface area contributed by atoms with E-state index in [0.717, 1.165) is 11.3 Å². The molecule has 2 unspecified atom stereocenters. The maximum atomic E-state index is 12.8. The van der Waals surface area contributed by atoms with Gasteiger partial charge in [-0.1, -0.05) is 48.0 Å². The molecule has 0 aliphatic carbocycles. The third kappa shape index (κ3) is 4.17. The summed E-state index contributed by atoms with van der Waals surface area (Å²) >= 11 is 6.25. The first-order chi connectivity index (χ1) is 12.6. The Kier molecular flexibility index (Phi) is 5.78. The summed E-state index contributed by atoms with van der Waals surface area (Å²) in [6.45, 7) is 0.302. The van der Waals surface area contributed by atoms with Crippen molar-refractivity contribution in [3.63, 3.8) is 0 Å². The van der Waals surface area contributed by atoms with Gasteiger partial charge in [0.05, 0.1) is 25.5 Å². The molecule has 0 saturated carbocycles. The van der Waals surface area contributed by atoms with Crippen LogP contribution in [0, 0.1) is 5.92 Å². The second-order valence-corrected chi connectivity index (χ2v) is 6.59. The standard InChI is InChI=1S/C20H20ClNO4/c1-25-19(23)11-17(15-7-3-4-8-16(15)21)22-20(24)14-10-13-6-2-5-9-18(13)26-12-14/h2-9,14,17H,10-12H2,1H3,(H,22,24). The van der Waals surface area contributed by atoms with Gasteiger partial charge in [0.15, 0.2) is 0 Å². The maximum Gasteiger partial charge on any atom is 0.307 e. The van der Waals surface area contributed by atoms with Gasteiger partial charge in [-0.25, -0.2) is 0 Å². The molecule has 2 aromatic rings. The number of fused-ring (bicyclic) bond motifs is 1. The van der Waals surface area contributed by atoms with E-state index in [1.54, 1.807) is 18.2 Å². The summed E-state index contributed by atoms with van der Waals surface area (Å²) < 4.78 is 10.4. The number of halogens is 1. The first-order valence-corrected chi connectivity index (χ1v) is 8.78. The van der Waals surface area contributed by atoms with Crippen LogP contribution in [0.3, 0.4) is 0 Å². The number of ether oxygens (including phenoxy) is 2. The molecule has 1 N–H and O–H groups in total. The number of hydrogen-bond acceptors (Lipinski definition) is 4. The molecule has 1 heterocycles. The maximum absolute atomic E-state index is 12.8. The molecule has 5 nitrogen and oxygen atoms in total. The van der Waals surface area contributed by atoms with Crippen LogP contribution >= 0.6 is 11.6 Å². The highest BCUT2D eigenvalue weighted by Gasteiger charge is 2.29. The number of benzene rings is 2. The molecule has 2 atom stereocenters. The summed E-state index contributed by atoms with van der Waals surface area (Å²) in [7, 11) is 1.32. The Balaban J connectivity index is 1.75. The number of rotatable bonds is 5. The number of carbonyl (C=O) groups is 2. The first-order valence-electron chi connectivity index (χ1n) is 8.40. The predicted octanol–water partition coefficient (Wildman–Crippen LogP) is 3.31. The molecule has 1 aliphatic heterocycles. The Morgan fingerprint density at radius 3 is 2.73 bits per heavy atom. The van der Waals surface area contributed by atoms with Crippen molar-refractivity contribution in [2.24, 2.45) is 5.92 Å². The topological polar surface area (TPSA) is 64.6 Å². The lowest BCUT2D eigenvalue weighted by molar-refractivity contribution is -0.141. The molecule has 2 aromatic carbocycles. The molecule has 3 rings (SSSR count). The summed E-state index contributed by atoms with van der Waals surface area (Å²) in [4.78, 5) is 24.6. The normalized spacial score (nSPS) is 16.8. The van der Waals surface area contributed by atoms with Crippen molar-refractivity contribution >= 4 is 23.5 Å². The van der Waals surface area contributed by atoms with E-state index in [-0.39, 0.29) is 18.2 Å². The van der Waals surface area contributed by atoms with Crippen LogP contribution in [0.25, 0.3) is 0 Å². The van der Waals surface area contributed by atoms with Gasteiger partial charge in [0.2, 0.25) is 5.91 Å². The van der Waals surface area contributed by atoms with Crippen molar-refractivity contribution in [3.8, 4) is 5.75 Å². The highest BCUT2D eigenvalue weighted by Crippen LogP contribution is 2.29. The van der Waals surface area contributed by atoms with Crippen LogP contribution < -0.4 is 10.1 Å². The van der Waals surface area contributed by atoms with Crippen molar-refractivity contribution in [2.75, 3.05) is 13.7 Å². The zero-order valence-corrected chi connectivity index (χ0v) is 15.2. The molecule has 0 bridgehead atoms. The average molecular weight is 374 g/mol. The third-order valence-corrected chi connectivity index (χ3v) is 4.79. The van der Waals surface area contributed by atoms with Crippen LogP contribution in [0.5, 0.6) is 5.75 Å². The zero-order chi connectivity index (χ0) is 18.5. The van der Waals surface area contributed by atoms with Crippen LogP contribution in [0.2, 0.25) is 5.02 Å². The lowest BCUT2D eigenvalue weighted by atomic mass is 9.95. The molecule has 26 heavy (non-hydrogen) atoms. The molecule has 0 saturated heterocycles. The number of esters is 1. The van der Waals surface area contributed by atoms with Gasteiger partial charge in [-0.3, -0.25) is 9.59 Å². The smallest absolute Gasteiger partial charge is 0.307 e. The van der Waals surface area contributed by atoms with Crippen molar-refractivity contribution in [1.82, 2.24) is 5.32 Å². The van der Waals surface area contributed by atoms with Crippen LogP contribution in [0.15, 0.2) is 48.5 Å². The lowest BCUT2D eigenvalue weighted by Gasteiger charge is -2.27. The molecule has 1 aliphatic rings. The van der Waals surface area contributed by atoms with Gasteiger partial charge in [-0.05, 0) is 29.7 Å². The van der Waals surface area contributed by atoms with E-state index in [1.165, 1.54) is 7.11 Å². The summed E-state index contributed by atoms with van der Waals surface area (Å²) in [5, 5.41) is 3.43. The fourth-order valence-corrected chi connectivity index (χ4v) is 3.30. The molecule has 0 fully saturated rings. The van der Waals surface area contributed by atoms with E-state index in [0.29, 0.717) is 23.6 Å². The Morgan fingerprint density at radius 1 is 1.23 bits per heavy atom. The van der Waals surface area contributed by atoms with Gasteiger partial charge in [0, 0.05) is 5.02 Å². The molecule has 0 radical (unpaired) electrons. The van der Waals surface area contributed by atoms with E-state index < -0.39 is 12.0 Å². The highest BCUT2D eigenvalue weighted by molar-refractivity contribution is 6.31. The number of carbonyl (C=O) groups excluding carboxylic acids is 2. The Morgan fingerprint density at radius 2 is 1.96 bits per heavy atom. The summed E-state index contributed by atoms with van der Waals surface area (Å²) in [6, 6.07) is 14.3. The predicted molar refractivity (Wildman–Crippen MR) is 98.1 cm³/mol. The fraction of sp³-hybridized carbons (Fsp3) is 0.300. The Hall–Kier alpha value is -2.53. The number of amides is 1. The summed E-state index contributed by atoms with van der Waals surface area (Å²) in [6.07, 6.45) is 0.603. The van der Waals surface area contributed by atoms with Crippen molar-refractivity contribution in [2.45, 2.75) is 18.9 Å². The average Bonchev–Trinajstić information content (AvgIpc) is 2.67. The molecule has 136 valence electrons. The summed E-state index contributed by atoms with van der Waals surface area (Å²) in [5.74, 6) is -0.102. The quantitative estimate of drug-likeness (QED) is 0.816. The monoisotopic (exact) mass is 373 g/mol. The van der Waals surface area contributed by atoms with E-state index in [2.05, 4.69) is 5.32 Å². The fourth-order valence-electron chi connectivity index (χ4n) is 3.03. The largest absolute Gasteiger partial charge is 0.492 e. The minimum atomic E-state index is -0.555.